The van der Waals surface area contributed by atoms with Gasteiger partial charge < -0.3 is 14.9 Å². The molecule has 0 fully saturated rings. The topological polar surface area (TPSA) is 121 Å². The first-order valence-electron chi connectivity index (χ1n) is 14.0. The summed E-state index contributed by atoms with van der Waals surface area (Å²) in [5, 5.41) is 8.53. The lowest BCUT2D eigenvalue weighted by Crippen LogP contribution is -2.03. The molecule has 0 aliphatic carbocycles. The summed E-state index contributed by atoms with van der Waals surface area (Å²) in [5.74, 6) is 2.35. The Kier molecular flexibility index (Phi) is 28.9. The van der Waals surface area contributed by atoms with Gasteiger partial charge in [-0.2, -0.15) is 5.96 Å². The lowest BCUT2D eigenvalue weighted by molar-refractivity contribution is -0.137. The molecule has 6 nitrogen and oxygen atoms in total. The van der Waals surface area contributed by atoms with Crippen molar-refractivity contribution in [1.29, 1.82) is 0 Å². The molecule has 0 saturated heterocycles. The fraction of sp³-hybridized carbons (Fsp3) is 0.750. The van der Waals surface area contributed by atoms with Crippen LogP contribution in [0.1, 0.15) is 135 Å². The molecule has 0 atom stereocenters. The number of nitrogens with two attached hydrogens (primary N) is 1. The minimum Gasteiger partial charge on any atom is -0.481 e. The van der Waals surface area contributed by atoms with Gasteiger partial charge in [-0.15, -0.1) is 4.48 Å². The molecule has 1 aromatic rings. The zero-order valence-electron chi connectivity index (χ0n) is 22.9. The number of halogens is 2. The quantitative estimate of drug-likeness (QED) is 0.0668. The summed E-state index contributed by atoms with van der Waals surface area (Å²) in [6.45, 7) is 2.28. The molecule has 0 aromatic heterocycles. The highest BCUT2D eigenvalue weighted by atomic mass is 35.5. The maximum atomic E-state index is 10.7. The third-order valence-electron chi connectivity index (χ3n) is 6.16. The highest BCUT2D eigenvalue weighted by Gasteiger charge is 2.19. The molecule has 37 heavy (non-hydrogen) atoms. The van der Waals surface area contributed by atoms with E-state index in [-0.39, 0.29) is 10.3 Å². The lowest BCUT2D eigenvalue weighted by atomic mass is 10.0. The molecule has 9 heteroatoms. The summed E-state index contributed by atoms with van der Waals surface area (Å²) in [4.78, 5) is 27.8. The number of carboxylic acids is 1. The molecule has 1 aromatic carbocycles. The zero-order chi connectivity index (χ0) is 28.2. The lowest BCUT2D eigenvalue weighted by Gasteiger charge is -2.04. The maximum Gasteiger partial charge on any atom is 0.357 e. The molecule has 0 saturated carbocycles. The number of rotatable bonds is 21. The molecule has 0 unspecified atom stereocenters. The van der Waals surface area contributed by atoms with E-state index in [4.69, 9.17) is 31.0 Å². The Hall–Kier alpha value is -0.980. The van der Waals surface area contributed by atoms with Crippen LogP contribution in [0.5, 0.6) is 0 Å². The van der Waals surface area contributed by atoms with Gasteiger partial charge in [0.1, 0.15) is 0 Å². The smallest absolute Gasteiger partial charge is 0.357 e. The van der Waals surface area contributed by atoms with Gasteiger partial charge in [-0.05, 0) is 18.6 Å². The predicted octanol–water partition coefficient (Wildman–Crippen LogP) is 8.87. The maximum absolute atomic E-state index is 10.7. The Morgan fingerprint density at radius 2 is 1.05 bits per heavy atom. The summed E-state index contributed by atoms with van der Waals surface area (Å²) >= 11 is 5.52. The van der Waals surface area contributed by atoms with Crippen LogP contribution in [0.2, 0.25) is 5.02 Å². The molecule has 1 rings (SSSR count). The van der Waals surface area contributed by atoms with Crippen molar-refractivity contribution in [3.63, 3.8) is 0 Å². The van der Waals surface area contributed by atoms with Gasteiger partial charge in [0.2, 0.25) is 0 Å². The van der Waals surface area contributed by atoms with E-state index >= 15 is 0 Å². The van der Waals surface area contributed by atoms with Crippen molar-refractivity contribution in [2.75, 3.05) is 0 Å². The van der Waals surface area contributed by atoms with Gasteiger partial charge in [0.05, 0.1) is 10.3 Å². The molecule has 0 aliphatic rings. The molecule has 0 radical (unpaired) electrons. The summed E-state index contributed by atoms with van der Waals surface area (Å²) in [6.07, 6.45) is 26.1. The molecule has 0 bridgehead atoms. The van der Waals surface area contributed by atoms with Crippen LogP contribution in [0.15, 0.2) is 24.3 Å². The van der Waals surface area contributed by atoms with Gasteiger partial charge in [0.25, 0.3) is 0 Å². The van der Waals surface area contributed by atoms with Crippen LogP contribution >= 0.6 is 19.2 Å². The van der Waals surface area contributed by atoms with Crippen molar-refractivity contribution in [2.45, 2.75) is 135 Å². The molecular weight excluding hydrogens is 516 g/mol. The normalized spacial score (nSPS) is 10.8. The molecular formula is C28H52ClFNO5P. The molecule has 0 spiro atoms. The van der Waals surface area contributed by atoms with E-state index in [0.717, 1.165) is 12.8 Å². The fourth-order valence-corrected chi connectivity index (χ4v) is 5.14. The van der Waals surface area contributed by atoms with Crippen LogP contribution in [0, 0.1) is 0 Å². The van der Waals surface area contributed by atoms with E-state index in [2.05, 4.69) is 12.9 Å². The second-order valence-electron chi connectivity index (χ2n) is 9.50. The fourth-order valence-electron chi connectivity index (χ4n) is 4.04. The van der Waals surface area contributed by atoms with Gasteiger partial charge >= 0.3 is 13.6 Å². The highest BCUT2D eigenvalue weighted by Crippen LogP contribution is 2.35. The Morgan fingerprint density at radius 1 is 0.730 bits per heavy atom. The first-order chi connectivity index (χ1) is 17.8. The van der Waals surface area contributed by atoms with Crippen molar-refractivity contribution in [1.82, 2.24) is 0 Å². The van der Waals surface area contributed by atoms with Gasteiger partial charge in [0.15, 0.2) is 0 Å². The Morgan fingerprint density at radius 3 is 1.32 bits per heavy atom. The van der Waals surface area contributed by atoms with Crippen molar-refractivity contribution in [3.05, 3.63) is 29.3 Å². The van der Waals surface area contributed by atoms with Crippen LogP contribution in [-0.2, 0) is 9.36 Å². The van der Waals surface area contributed by atoms with Gasteiger partial charge in [-0.3, -0.25) is 9.36 Å². The minimum atomic E-state index is -4.19. The average Bonchev–Trinajstić information content (AvgIpc) is 2.86. The number of hydrogen-bond donors (Lipinski definition) is 4. The number of carbonyl (C=O) groups is 1. The summed E-state index contributed by atoms with van der Waals surface area (Å²) < 4.78 is 19.7. The second kappa shape index (κ2) is 28.0. The van der Waals surface area contributed by atoms with Crippen LogP contribution in [0.25, 0.3) is 0 Å². The van der Waals surface area contributed by atoms with Crippen molar-refractivity contribution >= 4 is 30.5 Å². The standard InChI is InChI=1S/C22H44O2.C6H6ClO3P.FH2N/c1-2-3-4-5-6-7-8-9-10-11-12-13-14-15-16-17-18-19-20-21-22(23)24;7-5-3-1-2-4-6(5)11(8,9)10;1-2/h2-21H2,1H3,(H,23,24);1-4H,(H2,8,9,10);2H2. The van der Waals surface area contributed by atoms with E-state index in [0.29, 0.717) is 6.42 Å². The number of aliphatic carboxylic acids is 1. The SMILES string of the molecule is CCCCCCCCCCCCCCCCCCCCCC(=O)O.NF.O=P(O)(O)c1ccccc1Cl. The van der Waals surface area contributed by atoms with Crippen molar-refractivity contribution in [2.24, 2.45) is 5.96 Å². The van der Waals surface area contributed by atoms with E-state index in [1.54, 1.807) is 6.07 Å². The Bertz CT molecular complexity index is 690. The monoisotopic (exact) mass is 567 g/mol. The van der Waals surface area contributed by atoms with Crippen LogP contribution in [0.3, 0.4) is 0 Å². The number of hydrogen-bond acceptors (Lipinski definition) is 3. The second-order valence-corrected chi connectivity index (χ2v) is 11.5. The third kappa shape index (κ3) is 27.9. The summed E-state index contributed by atoms with van der Waals surface area (Å²) in [7, 11) is -4.19. The Balaban J connectivity index is 0. The van der Waals surface area contributed by atoms with E-state index < -0.39 is 13.6 Å². The van der Waals surface area contributed by atoms with E-state index in [9.17, 15) is 9.36 Å². The van der Waals surface area contributed by atoms with Crippen LogP contribution in [-0.4, -0.2) is 20.9 Å². The first-order valence-corrected chi connectivity index (χ1v) is 16.0. The predicted molar refractivity (Wildman–Crippen MR) is 154 cm³/mol. The molecule has 5 N–H and O–H groups in total. The van der Waals surface area contributed by atoms with Gasteiger partial charge in [0, 0.05) is 6.42 Å². The number of carboxylic acid groups (broad SMARTS) is 1. The molecule has 0 amide bonds. The van der Waals surface area contributed by atoms with E-state index in [1.165, 1.54) is 127 Å². The molecule has 0 aliphatic heterocycles. The third-order valence-corrected chi connectivity index (χ3v) is 7.64. The van der Waals surface area contributed by atoms with Crippen LogP contribution < -0.4 is 11.3 Å². The number of unbranched alkanes of at least 4 members (excludes halogenated alkanes) is 18. The van der Waals surface area contributed by atoms with Crippen molar-refractivity contribution < 1.29 is 28.7 Å². The summed E-state index contributed by atoms with van der Waals surface area (Å²) in [5.41, 5.74) is 0. The summed E-state index contributed by atoms with van der Waals surface area (Å²) in [6, 6.07) is 5.89. The largest absolute Gasteiger partial charge is 0.481 e. The van der Waals surface area contributed by atoms with Gasteiger partial charge in [-0.1, -0.05) is 146 Å². The highest BCUT2D eigenvalue weighted by molar-refractivity contribution is 7.60. The number of benzene rings is 1. The average molecular weight is 568 g/mol. The minimum absolute atomic E-state index is 0.0980. The molecule has 0 heterocycles. The Labute approximate surface area is 229 Å². The molecule has 218 valence electrons. The first kappa shape index (κ1) is 38.2. The van der Waals surface area contributed by atoms with Gasteiger partial charge in [-0.25, -0.2) is 0 Å². The zero-order valence-corrected chi connectivity index (χ0v) is 24.5. The van der Waals surface area contributed by atoms with Crippen LogP contribution in [0.4, 0.5) is 4.48 Å². The van der Waals surface area contributed by atoms with Crippen molar-refractivity contribution in [3.8, 4) is 0 Å². The van der Waals surface area contributed by atoms with E-state index in [1.807, 2.05) is 0 Å².